The summed E-state index contributed by atoms with van der Waals surface area (Å²) >= 11 is 0. The molecule has 2 unspecified atom stereocenters. The number of imidazole rings is 1. The molecule has 118 valence electrons. The first kappa shape index (κ1) is 16.0. The largest absolute Gasteiger partial charge is 0.468 e. The Balaban J connectivity index is 2.11. The molecule has 1 aliphatic carbocycles. The van der Waals surface area contributed by atoms with Crippen molar-refractivity contribution in [3.05, 3.63) is 18.2 Å². The van der Waals surface area contributed by atoms with Gasteiger partial charge in [0.25, 0.3) is 0 Å². The molecule has 0 amide bonds. The average molecular weight is 293 g/mol. The molecular formula is C16H27N3O2. The van der Waals surface area contributed by atoms with Crippen molar-refractivity contribution in [2.45, 2.75) is 64.6 Å². The number of hydrogen-bond acceptors (Lipinski definition) is 4. The number of methoxy groups -OCH3 is 1. The molecule has 0 saturated heterocycles. The highest BCUT2D eigenvalue weighted by molar-refractivity contribution is 5.81. The van der Waals surface area contributed by atoms with Crippen LogP contribution >= 0.6 is 0 Å². The summed E-state index contributed by atoms with van der Waals surface area (Å²) in [5.41, 5.74) is -0.516. The summed E-state index contributed by atoms with van der Waals surface area (Å²) in [5.74, 6) is 1.23. The van der Waals surface area contributed by atoms with Gasteiger partial charge in [-0.1, -0.05) is 6.42 Å². The van der Waals surface area contributed by atoms with E-state index >= 15 is 0 Å². The Hall–Kier alpha value is -1.36. The van der Waals surface area contributed by atoms with Crippen molar-refractivity contribution in [1.29, 1.82) is 0 Å². The van der Waals surface area contributed by atoms with Gasteiger partial charge in [0.15, 0.2) is 0 Å². The fraction of sp³-hybridized carbons (Fsp3) is 0.750. The van der Waals surface area contributed by atoms with E-state index in [-0.39, 0.29) is 12.0 Å². The third-order valence-corrected chi connectivity index (χ3v) is 4.56. The number of nitrogens with zero attached hydrogens (tertiary/aromatic N) is 2. The van der Waals surface area contributed by atoms with E-state index in [1.165, 1.54) is 7.11 Å². The third-order valence-electron chi connectivity index (χ3n) is 4.56. The van der Waals surface area contributed by atoms with Gasteiger partial charge in [0.2, 0.25) is 0 Å². The van der Waals surface area contributed by atoms with E-state index in [4.69, 9.17) is 4.74 Å². The Morgan fingerprint density at radius 2 is 2.38 bits per heavy atom. The van der Waals surface area contributed by atoms with Crippen LogP contribution in [0, 0.1) is 12.8 Å². The monoisotopic (exact) mass is 293 g/mol. The number of esters is 1. The van der Waals surface area contributed by atoms with Crippen molar-refractivity contribution >= 4 is 5.97 Å². The zero-order valence-corrected chi connectivity index (χ0v) is 13.6. The number of rotatable bonds is 6. The van der Waals surface area contributed by atoms with Crippen molar-refractivity contribution in [2.24, 2.45) is 5.92 Å². The predicted octanol–water partition coefficient (Wildman–Crippen LogP) is 2.29. The highest BCUT2D eigenvalue weighted by Gasteiger charge is 2.49. The second kappa shape index (κ2) is 6.60. The van der Waals surface area contributed by atoms with E-state index in [0.29, 0.717) is 5.92 Å². The van der Waals surface area contributed by atoms with Gasteiger partial charge in [0, 0.05) is 25.0 Å². The number of carbonyl (C=O) groups is 1. The highest BCUT2D eigenvalue weighted by atomic mass is 16.5. The number of aryl methyl sites for hydroxylation is 2. The molecule has 0 spiro atoms. The number of hydrogen-bond donors (Lipinski definition) is 1. The SMILES string of the molecule is COC(=O)C1(NC(C)C)CCCC1CCn1ccnc1C. The standard InChI is InChI=1S/C16H27N3O2/c1-12(2)18-16(15(20)21-4)8-5-6-14(16)7-10-19-11-9-17-13(19)3/h9,11-12,14,18H,5-8,10H2,1-4H3. The maximum Gasteiger partial charge on any atom is 0.326 e. The maximum atomic E-state index is 12.4. The molecule has 5 nitrogen and oxygen atoms in total. The molecule has 1 heterocycles. The lowest BCUT2D eigenvalue weighted by atomic mass is 9.83. The van der Waals surface area contributed by atoms with Crippen molar-refractivity contribution in [3.8, 4) is 0 Å². The Labute approximate surface area is 127 Å². The number of ether oxygens (including phenoxy) is 1. The molecular weight excluding hydrogens is 266 g/mol. The minimum atomic E-state index is -0.516. The average Bonchev–Trinajstić information content (AvgIpc) is 3.02. The van der Waals surface area contributed by atoms with E-state index in [9.17, 15) is 4.79 Å². The topological polar surface area (TPSA) is 56.1 Å². The summed E-state index contributed by atoms with van der Waals surface area (Å²) in [6.45, 7) is 7.07. The summed E-state index contributed by atoms with van der Waals surface area (Å²) in [7, 11) is 1.49. The third kappa shape index (κ3) is 3.28. The van der Waals surface area contributed by atoms with Crippen LogP contribution in [0.1, 0.15) is 45.4 Å². The molecule has 2 atom stereocenters. The minimum Gasteiger partial charge on any atom is -0.468 e. The summed E-state index contributed by atoms with van der Waals surface area (Å²) < 4.78 is 7.26. The molecule has 0 aliphatic heterocycles. The van der Waals surface area contributed by atoms with Gasteiger partial charge in [0.05, 0.1) is 7.11 Å². The van der Waals surface area contributed by atoms with Crippen LogP contribution in [0.25, 0.3) is 0 Å². The van der Waals surface area contributed by atoms with Crippen molar-refractivity contribution < 1.29 is 9.53 Å². The lowest BCUT2D eigenvalue weighted by Gasteiger charge is -2.35. The van der Waals surface area contributed by atoms with Crippen LogP contribution in [0.2, 0.25) is 0 Å². The summed E-state index contributed by atoms with van der Waals surface area (Å²) in [6.07, 6.45) is 7.80. The van der Waals surface area contributed by atoms with Crippen LogP contribution < -0.4 is 5.32 Å². The smallest absolute Gasteiger partial charge is 0.326 e. The number of carbonyl (C=O) groups excluding carboxylic acids is 1. The number of aromatic nitrogens is 2. The van der Waals surface area contributed by atoms with E-state index in [1.807, 2.05) is 19.3 Å². The van der Waals surface area contributed by atoms with Gasteiger partial charge in [0.1, 0.15) is 11.4 Å². The zero-order valence-electron chi connectivity index (χ0n) is 13.6. The lowest BCUT2D eigenvalue weighted by Crippen LogP contribution is -2.57. The van der Waals surface area contributed by atoms with Gasteiger partial charge in [-0.3, -0.25) is 10.1 Å². The Bertz CT molecular complexity index is 484. The molecule has 1 N–H and O–H groups in total. The van der Waals surface area contributed by atoms with E-state index in [0.717, 1.165) is 38.1 Å². The zero-order chi connectivity index (χ0) is 15.5. The van der Waals surface area contributed by atoms with Gasteiger partial charge in [-0.2, -0.15) is 0 Å². The molecule has 1 saturated carbocycles. The molecule has 1 aromatic rings. The first-order chi connectivity index (χ1) is 9.99. The Morgan fingerprint density at radius 1 is 1.62 bits per heavy atom. The fourth-order valence-electron chi connectivity index (χ4n) is 3.62. The first-order valence-electron chi connectivity index (χ1n) is 7.83. The number of nitrogens with one attached hydrogen (secondary N) is 1. The molecule has 1 aliphatic rings. The Morgan fingerprint density at radius 3 is 2.95 bits per heavy atom. The normalized spacial score (nSPS) is 25.5. The molecule has 1 aromatic heterocycles. The van der Waals surface area contributed by atoms with Gasteiger partial charge in [-0.05, 0) is 46.0 Å². The van der Waals surface area contributed by atoms with E-state index in [1.54, 1.807) is 0 Å². The molecule has 21 heavy (non-hydrogen) atoms. The summed E-state index contributed by atoms with van der Waals surface area (Å²) in [4.78, 5) is 16.7. The van der Waals surface area contributed by atoms with Crippen LogP contribution in [-0.2, 0) is 16.1 Å². The minimum absolute atomic E-state index is 0.110. The van der Waals surface area contributed by atoms with E-state index in [2.05, 4.69) is 28.7 Å². The quantitative estimate of drug-likeness (QED) is 0.818. The van der Waals surface area contributed by atoms with Crippen molar-refractivity contribution in [2.75, 3.05) is 7.11 Å². The van der Waals surface area contributed by atoms with Crippen molar-refractivity contribution in [1.82, 2.24) is 14.9 Å². The predicted molar refractivity (Wildman–Crippen MR) is 81.9 cm³/mol. The molecule has 0 aromatic carbocycles. The Kier molecular flexibility index (Phi) is 5.04. The van der Waals surface area contributed by atoms with E-state index < -0.39 is 5.54 Å². The first-order valence-corrected chi connectivity index (χ1v) is 7.83. The molecule has 1 fully saturated rings. The van der Waals surface area contributed by atoms with Gasteiger partial charge in [-0.25, -0.2) is 4.98 Å². The second-order valence-corrected chi connectivity index (χ2v) is 6.31. The van der Waals surface area contributed by atoms with Gasteiger partial charge < -0.3 is 9.30 Å². The van der Waals surface area contributed by atoms with Gasteiger partial charge in [-0.15, -0.1) is 0 Å². The highest BCUT2D eigenvalue weighted by Crippen LogP contribution is 2.39. The maximum absolute atomic E-state index is 12.4. The molecule has 5 heteroatoms. The van der Waals surface area contributed by atoms with Crippen molar-refractivity contribution in [3.63, 3.8) is 0 Å². The van der Waals surface area contributed by atoms with Crippen LogP contribution in [0.4, 0.5) is 0 Å². The fourth-order valence-corrected chi connectivity index (χ4v) is 3.62. The second-order valence-electron chi connectivity index (χ2n) is 6.31. The summed E-state index contributed by atoms with van der Waals surface area (Å²) in [5, 5.41) is 3.50. The van der Waals surface area contributed by atoms with Crippen LogP contribution in [0.3, 0.4) is 0 Å². The summed E-state index contributed by atoms with van der Waals surface area (Å²) in [6, 6.07) is 0.264. The van der Waals surface area contributed by atoms with Gasteiger partial charge >= 0.3 is 5.97 Å². The lowest BCUT2D eigenvalue weighted by molar-refractivity contribution is -0.151. The molecule has 0 radical (unpaired) electrons. The molecule has 0 bridgehead atoms. The molecule has 2 rings (SSSR count). The van der Waals surface area contributed by atoms with Crippen LogP contribution in [0.15, 0.2) is 12.4 Å². The van der Waals surface area contributed by atoms with Crippen LogP contribution in [0.5, 0.6) is 0 Å². The van der Waals surface area contributed by atoms with Crippen LogP contribution in [-0.4, -0.2) is 34.2 Å².